The Morgan fingerprint density at radius 3 is 2.68 bits per heavy atom. The number of ether oxygens (including phenoxy) is 1. The van der Waals surface area contributed by atoms with Crippen LogP contribution in [0.25, 0.3) is 0 Å². The topological polar surface area (TPSA) is 58.6 Å². The highest BCUT2D eigenvalue weighted by Crippen LogP contribution is 2.47. The first kappa shape index (κ1) is 15.6. The van der Waals surface area contributed by atoms with Gasteiger partial charge in [-0.25, -0.2) is 0 Å². The molecular weight excluding hydrogens is 346 g/mol. The normalized spacial score (nSPS) is 29.6. The Morgan fingerprint density at radius 1 is 1.32 bits per heavy atom. The van der Waals surface area contributed by atoms with Crippen LogP contribution < -0.4 is 10.1 Å². The Bertz CT molecular complexity index is 664. The van der Waals surface area contributed by atoms with E-state index in [2.05, 4.69) is 21.2 Å². The highest BCUT2D eigenvalue weighted by molar-refractivity contribution is 9.10. The van der Waals surface area contributed by atoms with Crippen molar-refractivity contribution in [3.8, 4) is 5.75 Å². The summed E-state index contributed by atoms with van der Waals surface area (Å²) in [6, 6.07) is 5.43. The number of allylic oxidation sites excluding steroid dienone is 2. The number of carbonyl (C=O) groups is 1. The molecule has 0 aromatic heterocycles. The molecule has 2 aliphatic rings. The number of carbonyl (C=O) groups excluding carboxylic acids is 1. The van der Waals surface area contributed by atoms with Crippen molar-refractivity contribution in [3.05, 3.63) is 40.0 Å². The number of rotatable bonds is 2. The van der Waals surface area contributed by atoms with E-state index in [1.54, 1.807) is 13.0 Å². The van der Waals surface area contributed by atoms with Gasteiger partial charge in [0.2, 0.25) is 0 Å². The molecule has 1 heterocycles. The van der Waals surface area contributed by atoms with Crippen molar-refractivity contribution < 1.29 is 14.6 Å². The quantitative estimate of drug-likeness (QED) is 0.844. The summed E-state index contributed by atoms with van der Waals surface area (Å²) in [7, 11) is 0. The van der Waals surface area contributed by atoms with Gasteiger partial charge in [-0.1, -0.05) is 15.9 Å². The number of benzene rings is 1. The molecule has 0 bridgehead atoms. The fourth-order valence-electron chi connectivity index (χ4n) is 2.98. The van der Waals surface area contributed by atoms with Crippen LogP contribution in [0.3, 0.4) is 0 Å². The molecule has 0 spiro atoms. The van der Waals surface area contributed by atoms with Crippen LogP contribution in [0.5, 0.6) is 5.75 Å². The second kappa shape index (κ2) is 5.10. The molecular formula is C17H20BrNO3. The maximum atomic E-state index is 11.5. The number of ketones is 1. The number of nitrogens with one attached hydrogen (secondary N) is 1. The molecule has 2 N–H and O–H groups in total. The monoisotopic (exact) mass is 365 g/mol. The molecule has 3 rings (SSSR count). The molecule has 118 valence electrons. The molecule has 0 radical (unpaired) electrons. The molecule has 22 heavy (non-hydrogen) atoms. The van der Waals surface area contributed by atoms with Crippen molar-refractivity contribution in [2.75, 3.05) is 0 Å². The maximum absolute atomic E-state index is 11.5. The summed E-state index contributed by atoms with van der Waals surface area (Å²) in [5.74, 6) is 0.880. The molecule has 2 unspecified atom stereocenters. The maximum Gasteiger partial charge on any atom is 0.157 e. The number of hydrogen-bond acceptors (Lipinski definition) is 4. The van der Waals surface area contributed by atoms with Gasteiger partial charge in [-0.05, 0) is 45.4 Å². The van der Waals surface area contributed by atoms with Crippen molar-refractivity contribution in [1.82, 2.24) is 5.32 Å². The Balaban J connectivity index is 2.06. The minimum absolute atomic E-state index is 0.128. The van der Waals surface area contributed by atoms with E-state index >= 15 is 0 Å². The standard InChI is InChI=1S/C17H20BrNO3/c1-16(2)17(3,21)15(19-11-5-6-12(20)9-11)13-8-10(18)4-7-14(13)22-16/h4,7-9,15,19,21H,5-6H2,1-3H3. The third-order valence-electron chi connectivity index (χ3n) is 4.73. The van der Waals surface area contributed by atoms with E-state index < -0.39 is 11.2 Å². The third kappa shape index (κ3) is 2.46. The first-order valence-electron chi connectivity index (χ1n) is 7.41. The molecule has 2 atom stereocenters. The Kier molecular flexibility index (Phi) is 3.61. The lowest BCUT2D eigenvalue weighted by atomic mass is 9.75. The highest BCUT2D eigenvalue weighted by Gasteiger charge is 2.52. The lowest BCUT2D eigenvalue weighted by molar-refractivity contribution is -0.137. The highest BCUT2D eigenvalue weighted by atomic mass is 79.9. The SMILES string of the molecule is CC1(C)Oc2ccc(Br)cc2C(NC2=CC(=O)CC2)C1(C)O. The summed E-state index contributed by atoms with van der Waals surface area (Å²) < 4.78 is 6.93. The van der Waals surface area contributed by atoms with E-state index in [0.29, 0.717) is 12.8 Å². The first-order chi connectivity index (χ1) is 10.2. The molecule has 1 aliphatic heterocycles. The van der Waals surface area contributed by atoms with Gasteiger partial charge in [-0.2, -0.15) is 0 Å². The van der Waals surface area contributed by atoms with Crippen molar-refractivity contribution >= 4 is 21.7 Å². The van der Waals surface area contributed by atoms with Gasteiger partial charge in [0.1, 0.15) is 17.0 Å². The molecule has 1 aromatic carbocycles. The Hall–Kier alpha value is -1.33. The lowest BCUT2D eigenvalue weighted by Crippen LogP contribution is -2.61. The molecule has 0 fully saturated rings. The fraction of sp³-hybridized carbons (Fsp3) is 0.471. The summed E-state index contributed by atoms with van der Waals surface area (Å²) in [4.78, 5) is 11.5. The van der Waals surface area contributed by atoms with Crippen LogP contribution >= 0.6 is 15.9 Å². The summed E-state index contributed by atoms with van der Waals surface area (Å²) in [6.45, 7) is 5.52. The first-order valence-corrected chi connectivity index (χ1v) is 8.21. The number of aliphatic hydroxyl groups is 1. The largest absolute Gasteiger partial charge is 0.484 e. The van der Waals surface area contributed by atoms with Crippen molar-refractivity contribution in [2.45, 2.75) is 50.9 Å². The van der Waals surface area contributed by atoms with Crippen LogP contribution in [0.2, 0.25) is 0 Å². The van der Waals surface area contributed by atoms with E-state index in [9.17, 15) is 9.90 Å². The molecule has 0 amide bonds. The summed E-state index contributed by atoms with van der Waals surface area (Å²) in [5.41, 5.74) is -0.125. The van der Waals surface area contributed by atoms with Gasteiger partial charge < -0.3 is 15.2 Å². The number of halogens is 1. The van der Waals surface area contributed by atoms with E-state index in [0.717, 1.165) is 21.5 Å². The predicted molar refractivity (Wildman–Crippen MR) is 87.7 cm³/mol. The van der Waals surface area contributed by atoms with Gasteiger partial charge in [0.25, 0.3) is 0 Å². The van der Waals surface area contributed by atoms with Crippen LogP contribution in [0.15, 0.2) is 34.4 Å². The van der Waals surface area contributed by atoms with Crippen LogP contribution in [0.1, 0.15) is 45.2 Å². The van der Waals surface area contributed by atoms with Gasteiger partial charge in [0.15, 0.2) is 5.78 Å². The van der Waals surface area contributed by atoms with Gasteiger partial charge in [-0.3, -0.25) is 4.79 Å². The second-order valence-electron chi connectivity index (χ2n) is 6.66. The van der Waals surface area contributed by atoms with Crippen LogP contribution in [0.4, 0.5) is 0 Å². The molecule has 4 nitrogen and oxygen atoms in total. The molecule has 0 saturated heterocycles. The zero-order valence-corrected chi connectivity index (χ0v) is 14.5. The second-order valence-corrected chi connectivity index (χ2v) is 7.57. The van der Waals surface area contributed by atoms with Gasteiger partial charge in [0, 0.05) is 28.2 Å². The Labute approximate surface area is 138 Å². The van der Waals surface area contributed by atoms with E-state index in [1.807, 2.05) is 32.0 Å². The van der Waals surface area contributed by atoms with Crippen LogP contribution in [-0.2, 0) is 4.79 Å². The number of fused-ring (bicyclic) bond motifs is 1. The predicted octanol–water partition coefficient (Wildman–Crippen LogP) is 3.25. The molecule has 5 heteroatoms. The van der Waals surface area contributed by atoms with E-state index in [1.165, 1.54) is 0 Å². The minimum atomic E-state index is -1.13. The van der Waals surface area contributed by atoms with Crippen LogP contribution in [-0.4, -0.2) is 22.1 Å². The molecule has 1 aliphatic carbocycles. The van der Waals surface area contributed by atoms with E-state index in [4.69, 9.17) is 4.74 Å². The van der Waals surface area contributed by atoms with Crippen molar-refractivity contribution in [1.29, 1.82) is 0 Å². The average molecular weight is 366 g/mol. The fourth-order valence-corrected chi connectivity index (χ4v) is 3.36. The van der Waals surface area contributed by atoms with Crippen molar-refractivity contribution in [2.24, 2.45) is 0 Å². The summed E-state index contributed by atoms with van der Waals surface area (Å²) in [5, 5.41) is 14.5. The number of hydrogen-bond donors (Lipinski definition) is 2. The van der Waals surface area contributed by atoms with Crippen LogP contribution in [0, 0.1) is 0 Å². The Morgan fingerprint density at radius 2 is 2.05 bits per heavy atom. The molecule has 1 aromatic rings. The van der Waals surface area contributed by atoms with Crippen molar-refractivity contribution in [3.63, 3.8) is 0 Å². The summed E-state index contributed by atoms with van der Waals surface area (Å²) >= 11 is 3.47. The van der Waals surface area contributed by atoms with E-state index in [-0.39, 0.29) is 11.8 Å². The van der Waals surface area contributed by atoms with Gasteiger partial charge in [-0.15, -0.1) is 0 Å². The minimum Gasteiger partial charge on any atom is -0.484 e. The van der Waals surface area contributed by atoms with Gasteiger partial charge in [0.05, 0.1) is 6.04 Å². The smallest absolute Gasteiger partial charge is 0.157 e. The zero-order chi connectivity index (χ0) is 16.1. The molecule has 0 saturated carbocycles. The zero-order valence-electron chi connectivity index (χ0n) is 12.9. The third-order valence-corrected chi connectivity index (χ3v) is 5.23. The van der Waals surface area contributed by atoms with Gasteiger partial charge >= 0.3 is 0 Å². The average Bonchev–Trinajstić information content (AvgIpc) is 2.82. The summed E-state index contributed by atoms with van der Waals surface area (Å²) in [6.07, 6.45) is 2.86. The lowest BCUT2D eigenvalue weighted by Gasteiger charge is -2.50.